The van der Waals surface area contributed by atoms with Crippen LogP contribution in [0.15, 0.2) is 54.6 Å². The molecule has 0 unspecified atom stereocenters. The van der Waals surface area contributed by atoms with Crippen LogP contribution in [-0.4, -0.2) is 0 Å². The lowest BCUT2D eigenvalue weighted by molar-refractivity contribution is 0.667. The van der Waals surface area contributed by atoms with Gasteiger partial charge in [-0.25, -0.2) is 0 Å². The first-order chi connectivity index (χ1) is 23.6. The zero-order chi connectivity index (χ0) is 34.2. The van der Waals surface area contributed by atoms with E-state index in [1.807, 2.05) is 18.2 Å². The normalized spacial score (nSPS) is 9.69. The third-order valence-corrected chi connectivity index (χ3v) is 8.22. The lowest BCUT2D eigenvalue weighted by Gasteiger charge is -2.04. The minimum Gasteiger partial charge on any atom is -0.115 e. The summed E-state index contributed by atoms with van der Waals surface area (Å²) in [6.45, 7) is 6.70. The van der Waals surface area contributed by atoms with Gasteiger partial charge in [-0.1, -0.05) is 114 Å². The zero-order valence-electron chi connectivity index (χ0n) is 29.5. The van der Waals surface area contributed by atoms with E-state index in [0.717, 1.165) is 59.1 Å². The van der Waals surface area contributed by atoms with Crippen LogP contribution in [0, 0.1) is 72.1 Å². The summed E-state index contributed by atoms with van der Waals surface area (Å²) in [5, 5.41) is 0. The highest BCUT2D eigenvalue weighted by molar-refractivity contribution is 5.53. The molecule has 3 rings (SSSR count). The van der Waals surface area contributed by atoms with Gasteiger partial charge in [0.25, 0.3) is 0 Å². The quantitative estimate of drug-likeness (QED) is 0.116. The maximum absolute atomic E-state index is 5.74. The first kappa shape index (κ1) is 37.5. The van der Waals surface area contributed by atoms with Crippen molar-refractivity contribution in [3.8, 4) is 72.1 Å². The Morgan fingerprint density at radius 2 is 0.625 bits per heavy atom. The van der Waals surface area contributed by atoms with Crippen LogP contribution in [0.25, 0.3) is 0 Å². The number of hydrogen-bond acceptors (Lipinski definition) is 0. The van der Waals surface area contributed by atoms with Crippen LogP contribution in [0.3, 0.4) is 0 Å². The van der Waals surface area contributed by atoms with Crippen molar-refractivity contribution in [3.63, 3.8) is 0 Å². The number of unbranched alkanes of at least 4 members (excludes halogenated alkanes) is 9. The molecule has 242 valence electrons. The number of rotatable bonds is 15. The van der Waals surface area contributed by atoms with Crippen LogP contribution in [-0.2, 0) is 19.3 Å². The lowest BCUT2D eigenvalue weighted by Crippen LogP contribution is -1.90. The number of terminal acetylenes is 2. The first-order valence-electron chi connectivity index (χ1n) is 18.0. The molecule has 0 spiro atoms. The van der Waals surface area contributed by atoms with Gasteiger partial charge in [-0.3, -0.25) is 0 Å². The summed E-state index contributed by atoms with van der Waals surface area (Å²) in [5.74, 6) is 30.8. The van der Waals surface area contributed by atoms with Crippen molar-refractivity contribution in [2.75, 3.05) is 0 Å². The molecule has 48 heavy (non-hydrogen) atoms. The maximum atomic E-state index is 5.74. The van der Waals surface area contributed by atoms with E-state index in [4.69, 9.17) is 12.8 Å². The molecule has 0 saturated heterocycles. The summed E-state index contributed by atoms with van der Waals surface area (Å²) in [6, 6.07) is 18.8. The Kier molecular flexibility index (Phi) is 17.6. The number of benzene rings is 3. The molecule has 0 aliphatic rings. The molecule has 0 aliphatic carbocycles. The predicted molar refractivity (Wildman–Crippen MR) is 206 cm³/mol. The SMILES string of the molecule is C#Cc1cc(C#CC#Cc2cc(C#CC#Cc3cc(C#C)cc(CCCCCC)c3)cc(CCCCCC)c2)cc(CCCCCC)c1. The molecule has 0 nitrogen and oxygen atoms in total. The Bertz CT molecular complexity index is 1690. The average Bonchev–Trinajstić information content (AvgIpc) is 3.10. The lowest BCUT2D eigenvalue weighted by atomic mass is 10.0. The Hall–Kier alpha value is -4.98. The number of aryl methyl sites for hydroxylation is 3. The van der Waals surface area contributed by atoms with Gasteiger partial charge in [-0.15, -0.1) is 12.8 Å². The number of hydrogen-bond donors (Lipinski definition) is 0. The van der Waals surface area contributed by atoms with Gasteiger partial charge in [0.05, 0.1) is 0 Å². The van der Waals surface area contributed by atoms with Gasteiger partial charge >= 0.3 is 0 Å². The van der Waals surface area contributed by atoms with Crippen molar-refractivity contribution >= 4 is 0 Å². The van der Waals surface area contributed by atoms with Crippen LogP contribution < -0.4 is 0 Å². The molecule has 0 saturated carbocycles. The second-order valence-corrected chi connectivity index (χ2v) is 12.5. The van der Waals surface area contributed by atoms with Gasteiger partial charge in [0, 0.05) is 33.4 Å². The molecule has 0 heterocycles. The van der Waals surface area contributed by atoms with Crippen molar-refractivity contribution in [1.82, 2.24) is 0 Å². The fraction of sp³-hybridized carbons (Fsp3) is 0.375. The maximum Gasteiger partial charge on any atom is 0.0270 e. The first-order valence-corrected chi connectivity index (χ1v) is 18.0. The van der Waals surface area contributed by atoms with Gasteiger partial charge in [0.1, 0.15) is 0 Å². The zero-order valence-corrected chi connectivity index (χ0v) is 29.5. The molecule has 0 N–H and O–H groups in total. The fourth-order valence-electron chi connectivity index (χ4n) is 5.65. The van der Waals surface area contributed by atoms with E-state index in [1.165, 1.54) is 87.3 Å². The molecule has 0 radical (unpaired) electrons. The van der Waals surface area contributed by atoms with Gasteiger partial charge in [0.15, 0.2) is 0 Å². The van der Waals surface area contributed by atoms with E-state index in [2.05, 4.69) is 116 Å². The van der Waals surface area contributed by atoms with E-state index in [-0.39, 0.29) is 0 Å². The van der Waals surface area contributed by atoms with Gasteiger partial charge in [0.2, 0.25) is 0 Å². The minimum atomic E-state index is 0.869. The summed E-state index contributed by atoms with van der Waals surface area (Å²) in [4.78, 5) is 0. The Balaban J connectivity index is 1.81. The molecule has 0 atom stereocenters. The van der Waals surface area contributed by atoms with Gasteiger partial charge < -0.3 is 0 Å². The molecular formula is C48H50. The average molecular weight is 627 g/mol. The molecule has 3 aromatic carbocycles. The van der Waals surface area contributed by atoms with Crippen LogP contribution in [0.4, 0.5) is 0 Å². The Morgan fingerprint density at radius 1 is 0.354 bits per heavy atom. The largest absolute Gasteiger partial charge is 0.115 e. The summed E-state index contributed by atoms with van der Waals surface area (Å²) < 4.78 is 0. The van der Waals surface area contributed by atoms with E-state index in [1.54, 1.807) is 0 Å². The molecule has 0 heteroatoms. The summed E-state index contributed by atoms with van der Waals surface area (Å²) >= 11 is 0. The minimum absolute atomic E-state index is 0.869. The summed E-state index contributed by atoms with van der Waals surface area (Å²) in [5.41, 5.74) is 9.12. The van der Waals surface area contributed by atoms with E-state index >= 15 is 0 Å². The molecule has 0 fully saturated rings. The second-order valence-electron chi connectivity index (χ2n) is 12.5. The van der Waals surface area contributed by atoms with Crippen molar-refractivity contribution in [3.05, 3.63) is 105 Å². The monoisotopic (exact) mass is 626 g/mol. The smallest absolute Gasteiger partial charge is 0.0270 e. The van der Waals surface area contributed by atoms with E-state index in [0.29, 0.717) is 0 Å². The van der Waals surface area contributed by atoms with E-state index < -0.39 is 0 Å². The third-order valence-electron chi connectivity index (χ3n) is 8.22. The van der Waals surface area contributed by atoms with Crippen LogP contribution >= 0.6 is 0 Å². The highest BCUT2D eigenvalue weighted by Crippen LogP contribution is 2.16. The van der Waals surface area contributed by atoms with Crippen molar-refractivity contribution in [1.29, 1.82) is 0 Å². The predicted octanol–water partition coefficient (Wildman–Crippen LogP) is 10.8. The molecule has 0 bridgehead atoms. The van der Waals surface area contributed by atoms with Crippen LogP contribution in [0.5, 0.6) is 0 Å². The molecule has 0 aliphatic heterocycles. The summed E-state index contributed by atoms with van der Waals surface area (Å²) in [7, 11) is 0. The standard InChI is InChI=1S/C48H50/c1-6-11-14-17-24-42-31-40(9-4)33-44(35-42)27-20-22-29-47-37-46(26-19-16-13-8-3)38-48(39-47)30-23-21-28-45-34-41(10-5)32-43(36-45)25-18-15-12-7-2/h4-5,31-39H,6-8,11-19,24-26H2,1-3H3. The van der Waals surface area contributed by atoms with Crippen LogP contribution in [0.1, 0.15) is 148 Å². The highest BCUT2D eigenvalue weighted by Gasteiger charge is 2.02. The van der Waals surface area contributed by atoms with Crippen molar-refractivity contribution < 1.29 is 0 Å². The highest BCUT2D eigenvalue weighted by atomic mass is 14.1. The second kappa shape index (κ2) is 22.5. The molecule has 0 amide bonds. The van der Waals surface area contributed by atoms with Crippen LogP contribution in [0.2, 0.25) is 0 Å². The third kappa shape index (κ3) is 14.6. The topological polar surface area (TPSA) is 0 Å². The van der Waals surface area contributed by atoms with Crippen molar-refractivity contribution in [2.24, 2.45) is 0 Å². The van der Waals surface area contributed by atoms with E-state index in [9.17, 15) is 0 Å². The van der Waals surface area contributed by atoms with Gasteiger partial charge in [-0.05, 0) is 133 Å². The Morgan fingerprint density at radius 3 is 0.896 bits per heavy atom. The molecule has 0 aromatic heterocycles. The molecule has 3 aromatic rings. The van der Waals surface area contributed by atoms with Gasteiger partial charge in [-0.2, -0.15) is 0 Å². The fourth-order valence-corrected chi connectivity index (χ4v) is 5.65. The summed E-state index contributed by atoms with van der Waals surface area (Å²) in [6.07, 6.45) is 29.1. The van der Waals surface area contributed by atoms with Crippen molar-refractivity contribution in [2.45, 2.75) is 117 Å². The molecular weight excluding hydrogens is 577 g/mol. The Labute approximate surface area is 292 Å².